The highest BCUT2D eigenvalue weighted by molar-refractivity contribution is 5.68. The van der Waals surface area contributed by atoms with Gasteiger partial charge in [-0.3, -0.25) is 0 Å². The Kier molecular flexibility index (Phi) is 4.35. The van der Waals surface area contributed by atoms with Gasteiger partial charge in [0.2, 0.25) is 0 Å². The van der Waals surface area contributed by atoms with Crippen molar-refractivity contribution in [1.29, 1.82) is 0 Å². The number of fused-ring (bicyclic) bond motifs is 5. The monoisotopic (exact) mass is 470 g/mol. The van der Waals surface area contributed by atoms with Crippen LogP contribution in [0.25, 0.3) is 0 Å². The van der Waals surface area contributed by atoms with Crippen LogP contribution < -0.4 is 0 Å². The molecule has 35 heavy (non-hydrogen) atoms. The van der Waals surface area contributed by atoms with E-state index in [9.17, 15) is 35.7 Å². The molecule has 176 valence electrons. The van der Waals surface area contributed by atoms with Gasteiger partial charge in [0.05, 0.1) is 0 Å². The minimum atomic E-state index is -0.510. The van der Waals surface area contributed by atoms with Crippen molar-refractivity contribution in [2.75, 3.05) is 0 Å². The fraction of sp³-hybridized carbons (Fsp3) is 0.143. The van der Waals surface area contributed by atoms with Crippen LogP contribution in [0.15, 0.2) is 66.7 Å². The zero-order valence-electron chi connectivity index (χ0n) is 18.3. The standard InChI is InChI=1S/C28H22O7/c29-14-4-1-12(2-5-14)23-25-17(8-15(30)10-21(25)34)28-24(13-3-6-19(32)20(33)7-13)26-18(27(23)28)9-16(31)11-22(26)35/h1-11,23-24,27-35H. The molecule has 7 heteroatoms. The molecule has 0 saturated heterocycles. The quantitative estimate of drug-likeness (QED) is 0.209. The Morgan fingerprint density at radius 2 is 0.886 bits per heavy atom. The number of hydrogen-bond donors (Lipinski definition) is 7. The van der Waals surface area contributed by atoms with Crippen molar-refractivity contribution in [2.24, 2.45) is 0 Å². The van der Waals surface area contributed by atoms with E-state index < -0.39 is 11.8 Å². The van der Waals surface area contributed by atoms with E-state index in [0.717, 1.165) is 5.56 Å². The van der Waals surface area contributed by atoms with Crippen molar-refractivity contribution in [3.8, 4) is 40.2 Å². The number of phenols is 7. The number of aromatic hydroxyl groups is 7. The van der Waals surface area contributed by atoms with Crippen molar-refractivity contribution < 1.29 is 35.7 Å². The van der Waals surface area contributed by atoms with Crippen molar-refractivity contribution >= 4 is 0 Å². The Morgan fingerprint density at radius 1 is 0.400 bits per heavy atom. The van der Waals surface area contributed by atoms with Crippen LogP contribution in [0.5, 0.6) is 40.2 Å². The van der Waals surface area contributed by atoms with Crippen molar-refractivity contribution in [1.82, 2.24) is 0 Å². The van der Waals surface area contributed by atoms with Gasteiger partial charge in [-0.15, -0.1) is 0 Å². The van der Waals surface area contributed by atoms with E-state index in [1.165, 1.54) is 24.3 Å². The molecular weight excluding hydrogens is 448 g/mol. The average Bonchev–Trinajstić information content (AvgIpc) is 3.30. The first-order valence-electron chi connectivity index (χ1n) is 11.2. The topological polar surface area (TPSA) is 142 Å². The van der Waals surface area contributed by atoms with Gasteiger partial charge in [0.15, 0.2) is 11.5 Å². The van der Waals surface area contributed by atoms with E-state index >= 15 is 0 Å². The molecule has 0 amide bonds. The first kappa shape index (κ1) is 21.0. The zero-order valence-corrected chi connectivity index (χ0v) is 18.3. The summed E-state index contributed by atoms with van der Waals surface area (Å²) in [5.74, 6) is -2.55. The molecule has 0 aliphatic heterocycles. The normalized spacial score (nSPS) is 21.9. The molecule has 0 bridgehead atoms. The number of phenolic OH excluding ortho intramolecular Hbond substituents is 7. The van der Waals surface area contributed by atoms with Crippen LogP contribution in [0.1, 0.15) is 57.1 Å². The molecule has 7 nitrogen and oxygen atoms in total. The van der Waals surface area contributed by atoms with E-state index in [2.05, 4.69) is 0 Å². The van der Waals surface area contributed by atoms with Crippen LogP contribution in [-0.4, -0.2) is 35.7 Å². The van der Waals surface area contributed by atoms with Crippen LogP contribution in [0.3, 0.4) is 0 Å². The maximum absolute atomic E-state index is 11.0. The number of hydrogen-bond acceptors (Lipinski definition) is 7. The summed E-state index contributed by atoms with van der Waals surface area (Å²) in [5, 5.41) is 72.7. The first-order chi connectivity index (χ1) is 16.7. The Balaban J connectivity index is 1.68. The zero-order chi connectivity index (χ0) is 24.6. The van der Waals surface area contributed by atoms with Crippen LogP contribution >= 0.6 is 0 Å². The van der Waals surface area contributed by atoms with Crippen LogP contribution in [0.4, 0.5) is 0 Å². The van der Waals surface area contributed by atoms with Gasteiger partial charge in [-0.05, 0) is 58.7 Å². The lowest BCUT2D eigenvalue weighted by Gasteiger charge is -2.23. The summed E-state index contributed by atoms with van der Waals surface area (Å²) >= 11 is 0. The first-order valence-corrected chi connectivity index (χ1v) is 11.2. The second kappa shape index (κ2) is 7.24. The van der Waals surface area contributed by atoms with Gasteiger partial charge in [0.25, 0.3) is 0 Å². The summed E-state index contributed by atoms with van der Waals surface area (Å²) < 4.78 is 0. The third-order valence-electron chi connectivity index (χ3n) is 7.41. The van der Waals surface area contributed by atoms with E-state index in [4.69, 9.17) is 0 Å². The second-order valence-corrected chi connectivity index (χ2v) is 9.28. The molecular formula is C28H22O7. The smallest absolute Gasteiger partial charge is 0.157 e. The Hall–Kier alpha value is -4.52. The molecule has 2 aliphatic carbocycles. The summed E-state index contributed by atoms with van der Waals surface area (Å²) in [6.07, 6.45) is 0. The molecule has 4 unspecified atom stereocenters. The molecule has 0 heterocycles. The van der Waals surface area contributed by atoms with Gasteiger partial charge in [-0.25, -0.2) is 0 Å². The van der Waals surface area contributed by atoms with Crippen LogP contribution in [-0.2, 0) is 0 Å². The molecule has 4 aromatic rings. The predicted molar refractivity (Wildman–Crippen MR) is 127 cm³/mol. The van der Waals surface area contributed by atoms with Crippen LogP contribution in [0, 0.1) is 0 Å². The summed E-state index contributed by atoms with van der Waals surface area (Å²) in [4.78, 5) is 0. The molecule has 7 N–H and O–H groups in total. The molecule has 0 spiro atoms. The highest BCUT2D eigenvalue weighted by Gasteiger charge is 2.54. The van der Waals surface area contributed by atoms with Gasteiger partial charge in [-0.1, -0.05) is 18.2 Å². The van der Waals surface area contributed by atoms with E-state index in [1.54, 1.807) is 42.5 Å². The van der Waals surface area contributed by atoms with E-state index in [0.29, 0.717) is 27.8 Å². The maximum Gasteiger partial charge on any atom is 0.157 e. The lowest BCUT2D eigenvalue weighted by atomic mass is 9.79. The van der Waals surface area contributed by atoms with Gasteiger partial charge in [-0.2, -0.15) is 0 Å². The van der Waals surface area contributed by atoms with Crippen molar-refractivity contribution in [3.05, 3.63) is 100 Å². The lowest BCUT2D eigenvalue weighted by molar-refractivity contribution is 0.402. The average molecular weight is 470 g/mol. The fourth-order valence-electron chi connectivity index (χ4n) is 6.20. The largest absolute Gasteiger partial charge is 0.508 e. The highest BCUT2D eigenvalue weighted by Crippen LogP contribution is 2.69. The van der Waals surface area contributed by atoms with Gasteiger partial charge >= 0.3 is 0 Å². The molecule has 0 radical (unpaired) electrons. The number of benzene rings is 4. The third kappa shape index (κ3) is 2.98. The summed E-state index contributed by atoms with van der Waals surface area (Å²) in [5.41, 5.74) is 3.97. The minimum Gasteiger partial charge on any atom is -0.508 e. The van der Waals surface area contributed by atoms with Crippen LogP contribution in [0.2, 0.25) is 0 Å². The summed E-state index contributed by atoms with van der Waals surface area (Å²) in [7, 11) is 0. The lowest BCUT2D eigenvalue weighted by Crippen LogP contribution is -2.10. The summed E-state index contributed by atoms with van der Waals surface area (Å²) in [6, 6.07) is 16.9. The van der Waals surface area contributed by atoms with Crippen molar-refractivity contribution in [2.45, 2.75) is 23.7 Å². The number of rotatable bonds is 2. The maximum atomic E-state index is 11.0. The molecule has 0 aromatic heterocycles. The van der Waals surface area contributed by atoms with Crippen molar-refractivity contribution in [3.63, 3.8) is 0 Å². The Bertz CT molecular complexity index is 1490. The Labute approximate surface area is 200 Å². The molecule has 4 aromatic carbocycles. The SMILES string of the molecule is Oc1ccc(C2c3c(O)cc(O)cc3C3C(c4ccc(O)c(O)c4)c4c(O)cc(O)cc4C23)cc1. The van der Waals surface area contributed by atoms with E-state index in [-0.39, 0.29) is 52.1 Å². The fourth-order valence-corrected chi connectivity index (χ4v) is 6.20. The second-order valence-electron chi connectivity index (χ2n) is 9.28. The van der Waals surface area contributed by atoms with Gasteiger partial charge < -0.3 is 35.7 Å². The molecule has 6 rings (SSSR count). The van der Waals surface area contributed by atoms with Gasteiger partial charge in [0.1, 0.15) is 28.7 Å². The minimum absolute atomic E-state index is 0.0781. The molecule has 2 aliphatic rings. The predicted octanol–water partition coefficient (Wildman–Crippen LogP) is 4.78. The molecule has 0 fully saturated rings. The summed E-state index contributed by atoms with van der Waals surface area (Å²) in [6.45, 7) is 0. The van der Waals surface area contributed by atoms with Gasteiger partial charge in [0, 0.05) is 46.9 Å². The Morgan fingerprint density at radius 3 is 1.40 bits per heavy atom. The van der Waals surface area contributed by atoms with E-state index in [1.807, 2.05) is 0 Å². The molecule has 0 saturated carbocycles. The molecule has 4 atom stereocenters. The highest BCUT2D eigenvalue weighted by atomic mass is 16.3. The third-order valence-corrected chi connectivity index (χ3v) is 7.41.